The van der Waals surface area contributed by atoms with E-state index in [0.29, 0.717) is 35.7 Å². The van der Waals surface area contributed by atoms with Gasteiger partial charge in [0.1, 0.15) is 0 Å². The average molecular weight is 520 g/mol. The monoisotopic (exact) mass is 519 g/mol. The largest absolute Gasteiger partial charge is 0.469 e. The van der Waals surface area contributed by atoms with E-state index in [2.05, 4.69) is 9.46 Å². The molecule has 1 unspecified atom stereocenters. The molecule has 0 aliphatic heterocycles. The summed E-state index contributed by atoms with van der Waals surface area (Å²) < 4.78 is 33.7. The average Bonchev–Trinajstić information content (AvgIpc) is 2.83. The second-order valence-electron chi connectivity index (χ2n) is 7.96. The van der Waals surface area contributed by atoms with Crippen molar-refractivity contribution in [3.63, 3.8) is 0 Å². The Morgan fingerprint density at radius 3 is 1.97 bits per heavy atom. The highest BCUT2D eigenvalue weighted by atomic mass is 35.5. The maximum absolute atomic E-state index is 13.1. The van der Waals surface area contributed by atoms with Crippen molar-refractivity contribution in [1.29, 1.82) is 0 Å². The van der Waals surface area contributed by atoms with Crippen LogP contribution in [0.1, 0.15) is 42.0 Å². The van der Waals surface area contributed by atoms with Crippen LogP contribution in [0.25, 0.3) is 0 Å². The molecule has 0 aliphatic rings. The number of sulfonamides is 1. The van der Waals surface area contributed by atoms with Gasteiger partial charge in [0.15, 0.2) is 0 Å². The zero-order valence-corrected chi connectivity index (χ0v) is 21.2. The number of halogens is 2. The number of ether oxygens (including phenoxy) is 1. The second-order valence-corrected chi connectivity index (χ2v) is 10.6. The smallest absolute Gasteiger partial charge is 0.305 e. The molecule has 0 spiro atoms. The minimum Gasteiger partial charge on any atom is -0.469 e. The van der Waals surface area contributed by atoms with Gasteiger partial charge in [0, 0.05) is 22.5 Å². The molecular weight excluding hydrogens is 493 g/mol. The topological polar surface area (TPSA) is 72.5 Å². The number of aryl methyl sites for hydroxylation is 2. The van der Waals surface area contributed by atoms with E-state index in [-0.39, 0.29) is 10.9 Å². The fourth-order valence-corrected chi connectivity index (χ4v) is 5.09. The van der Waals surface area contributed by atoms with Gasteiger partial charge in [0.2, 0.25) is 10.0 Å². The molecule has 0 fully saturated rings. The van der Waals surface area contributed by atoms with Gasteiger partial charge in [-0.05, 0) is 78.8 Å². The van der Waals surface area contributed by atoms with E-state index in [9.17, 15) is 13.2 Å². The third kappa shape index (κ3) is 7.84. The predicted octanol–water partition coefficient (Wildman–Crippen LogP) is 6.14. The third-order valence-corrected chi connectivity index (χ3v) is 7.50. The Labute approximate surface area is 211 Å². The van der Waals surface area contributed by atoms with Crippen molar-refractivity contribution in [2.75, 3.05) is 7.11 Å². The molecule has 3 aromatic carbocycles. The first-order valence-corrected chi connectivity index (χ1v) is 13.2. The van der Waals surface area contributed by atoms with Crippen molar-refractivity contribution in [2.24, 2.45) is 0 Å². The second kappa shape index (κ2) is 12.4. The predicted molar refractivity (Wildman–Crippen MR) is 136 cm³/mol. The Morgan fingerprint density at radius 1 is 0.853 bits per heavy atom. The number of hydrogen-bond acceptors (Lipinski definition) is 4. The van der Waals surface area contributed by atoms with Crippen LogP contribution in [0.3, 0.4) is 0 Å². The molecule has 34 heavy (non-hydrogen) atoms. The highest BCUT2D eigenvalue weighted by Gasteiger charge is 2.21. The van der Waals surface area contributed by atoms with Crippen LogP contribution < -0.4 is 4.72 Å². The minimum absolute atomic E-state index is 0.160. The standard InChI is InChI=1S/C26H27Cl2NO4S/c1-33-26(30)4-2-3-19-5-10-21(11-6-19)25(18-9-20-7-12-22(27)13-8-20)29-34(31,32)24-16-14-23(28)15-17-24/h5-8,10-17,25,29H,2-4,9,18H2,1H3. The number of benzene rings is 3. The number of carbonyl (C=O) groups excluding carboxylic acids is 1. The first kappa shape index (κ1) is 26.2. The zero-order chi connectivity index (χ0) is 24.6. The number of nitrogens with one attached hydrogen (secondary N) is 1. The molecule has 0 heterocycles. The first-order valence-electron chi connectivity index (χ1n) is 10.9. The van der Waals surface area contributed by atoms with Gasteiger partial charge in [-0.3, -0.25) is 4.79 Å². The van der Waals surface area contributed by atoms with Gasteiger partial charge in [-0.1, -0.05) is 59.6 Å². The third-order valence-electron chi connectivity index (χ3n) is 5.51. The van der Waals surface area contributed by atoms with Crippen LogP contribution in [0.2, 0.25) is 10.0 Å². The lowest BCUT2D eigenvalue weighted by atomic mass is 9.98. The maximum Gasteiger partial charge on any atom is 0.305 e. The number of esters is 1. The number of rotatable bonds is 11. The van der Waals surface area contributed by atoms with Crippen LogP contribution in [-0.4, -0.2) is 21.5 Å². The van der Waals surface area contributed by atoms with Crippen LogP contribution in [0, 0.1) is 0 Å². The molecule has 0 saturated carbocycles. The lowest BCUT2D eigenvalue weighted by Gasteiger charge is -2.20. The highest BCUT2D eigenvalue weighted by molar-refractivity contribution is 7.89. The normalized spacial score (nSPS) is 12.3. The molecule has 1 atom stereocenters. The summed E-state index contributed by atoms with van der Waals surface area (Å²) in [5, 5.41) is 1.13. The van der Waals surface area contributed by atoms with E-state index in [1.165, 1.54) is 19.2 Å². The molecule has 3 aromatic rings. The van der Waals surface area contributed by atoms with Crippen LogP contribution in [0.4, 0.5) is 0 Å². The van der Waals surface area contributed by atoms with E-state index in [1.807, 2.05) is 48.5 Å². The Bertz CT molecular complexity index is 1180. The summed E-state index contributed by atoms with van der Waals surface area (Å²) in [6.45, 7) is 0. The molecule has 180 valence electrons. The van der Waals surface area contributed by atoms with E-state index in [0.717, 1.165) is 23.1 Å². The quantitative estimate of drug-likeness (QED) is 0.308. The van der Waals surface area contributed by atoms with Crippen molar-refractivity contribution < 1.29 is 17.9 Å². The first-order chi connectivity index (χ1) is 16.3. The summed E-state index contributed by atoms with van der Waals surface area (Å²) in [6, 6.07) is 21.0. The molecule has 0 radical (unpaired) electrons. The molecule has 3 rings (SSSR count). The summed E-state index contributed by atoms with van der Waals surface area (Å²) in [5.74, 6) is -0.226. The maximum atomic E-state index is 13.1. The van der Waals surface area contributed by atoms with Gasteiger partial charge in [-0.25, -0.2) is 13.1 Å². The van der Waals surface area contributed by atoms with Crippen LogP contribution in [-0.2, 0) is 32.4 Å². The summed E-state index contributed by atoms with van der Waals surface area (Å²) in [6.07, 6.45) is 3.03. The Hall–Kier alpha value is -2.38. The van der Waals surface area contributed by atoms with E-state index >= 15 is 0 Å². The Morgan fingerprint density at radius 2 is 1.38 bits per heavy atom. The molecule has 0 amide bonds. The minimum atomic E-state index is -3.75. The van der Waals surface area contributed by atoms with Crippen molar-refractivity contribution in [1.82, 2.24) is 4.72 Å². The van der Waals surface area contributed by atoms with Gasteiger partial charge < -0.3 is 4.74 Å². The van der Waals surface area contributed by atoms with Crippen molar-refractivity contribution in [3.8, 4) is 0 Å². The molecule has 0 aliphatic carbocycles. The van der Waals surface area contributed by atoms with Gasteiger partial charge in [0.05, 0.1) is 12.0 Å². The zero-order valence-electron chi connectivity index (χ0n) is 18.8. The highest BCUT2D eigenvalue weighted by Crippen LogP contribution is 2.24. The lowest BCUT2D eigenvalue weighted by molar-refractivity contribution is -0.140. The van der Waals surface area contributed by atoms with Crippen LogP contribution in [0.15, 0.2) is 77.7 Å². The SMILES string of the molecule is COC(=O)CCCc1ccc(C(CCc2ccc(Cl)cc2)NS(=O)(=O)c2ccc(Cl)cc2)cc1. The van der Waals surface area contributed by atoms with Crippen molar-refractivity contribution in [3.05, 3.63) is 99.5 Å². The van der Waals surface area contributed by atoms with Gasteiger partial charge in [0.25, 0.3) is 0 Å². The number of carbonyl (C=O) groups is 1. The van der Waals surface area contributed by atoms with Gasteiger partial charge >= 0.3 is 5.97 Å². The molecule has 0 saturated heterocycles. The molecule has 5 nitrogen and oxygen atoms in total. The Kier molecular flexibility index (Phi) is 9.54. The van der Waals surface area contributed by atoms with Crippen LogP contribution in [0.5, 0.6) is 0 Å². The molecule has 1 N–H and O–H groups in total. The van der Waals surface area contributed by atoms with Gasteiger partial charge in [-0.2, -0.15) is 0 Å². The van der Waals surface area contributed by atoms with Crippen molar-refractivity contribution >= 4 is 39.2 Å². The molecule has 0 bridgehead atoms. The van der Waals surface area contributed by atoms with Crippen LogP contribution >= 0.6 is 23.2 Å². The fraction of sp³-hybridized carbons (Fsp3) is 0.269. The van der Waals surface area contributed by atoms with E-state index < -0.39 is 16.1 Å². The van der Waals surface area contributed by atoms with Gasteiger partial charge in [-0.15, -0.1) is 0 Å². The molecular formula is C26H27Cl2NO4S. The summed E-state index contributed by atoms with van der Waals surface area (Å²) >= 11 is 11.9. The summed E-state index contributed by atoms with van der Waals surface area (Å²) in [7, 11) is -2.37. The summed E-state index contributed by atoms with van der Waals surface area (Å²) in [4.78, 5) is 11.5. The fourth-order valence-electron chi connectivity index (χ4n) is 3.58. The Balaban J connectivity index is 1.77. The molecule has 0 aromatic heterocycles. The van der Waals surface area contributed by atoms with E-state index in [4.69, 9.17) is 23.2 Å². The number of hydrogen-bond donors (Lipinski definition) is 1. The number of methoxy groups -OCH3 is 1. The lowest BCUT2D eigenvalue weighted by Crippen LogP contribution is -2.29. The van der Waals surface area contributed by atoms with Crippen molar-refractivity contribution in [2.45, 2.75) is 43.0 Å². The molecule has 8 heteroatoms. The summed E-state index contributed by atoms with van der Waals surface area (Å²) in [5.41, 5.74) is 3.01. The van der Waals surface area contributed by atoms with E-state index in [1.54, 1.807) is 12.1 Å².